The molecule has 6 heteroatoms. The molecule has 82 valence electrons. The van der Waals surface area contributed by atoms with Gasteiger partial charge in [0.25, 0.3) is 0 Å². The van der Waals surface area contributed by atoms with Crippen molar-refractivity contribution in [2.75, 3.05) is 22.6 Å². The van der Waals surface area contributed by atoms with E-state index < -0.39 is 0 Å². The molecule has 5 N–H and O–H groups in total. The second-order valence-corrected chi connectivity index (χ2v) is 3.63. The summed E-state index contributed by atoms with van der Waals surface area (Å²) >= 11 is 0. The minimum Gasteiger partial charge on any atom is -0.368 e. The van der Waals surface area contributed by atoms with Crippen LogP contribution < -0.4 is 21.9 Å². The molecule has 1 heterocycles. The number of nitrogen functional groups attached to an aromatic ring is 2. The highest BCUT2D eigenvalue weighted by Gasteiger charge is 2.29. The van der Waals surface area contributed by atoms with Crippen molar-refractivity contribution in [2.24, 2.45) is 5.84 Å². The molecule has 1 aromatic rings. The molecule has 1 saturated carbocycles. The van der Waals surface area contributed by atoms with Crippen LogP contribution in [0.5, 0.6) is 0 Å². The Morgan fingerprint density at radius 2 is 2.27 bits per heavy atom. The van der Waals surface area contributed by atoms with Crippen LogP contribution in [0.1, 0.15) is 19.8 Å². The van der Waals surface area contributed by atoms with Gasteiger partial charge < -0.3 is 16.1 Å². The minimum atomic E-state index is 0.250. The van der Waals surface area contributed by atoms with Crippen LogP contribution >= 0.6 is 0 Å². The van der Waals surface area contributed by atoms with Gasteiger partial charge in [-0.25, -0.2) is 5.84 Å². The number of hydrogen-bond acceptors (Lipinski definition) is 6. The molecular formula is C9H16N6. The summed E-state index contributed by atoms with van der Waals surface area (Å²) in [4.78, 5) is 10.4. The predicted octanol–water partition coefficient (Wildman–Crippen LogP) is 0.333. The zero-order valence-corrected chi connectivity index (χ0v) is 8.77. The van der Waals surface area contributed by atoms with Gasteiger partial charge in [0.1, 0.15) is 11.6 Å². The highest BCUT2D eigenvalue weighted by molar-refractivity contribution is 5.53. The molecule has 1 aliphatic carbocycles. The zero-order chi connectivity index (χ0) is 10.8. The first-order chi connectivity index (χ1) is 7.24. The lowest BCUT2D eigenvalue weighted by atomic mass is 10.4. The molecule has 6 nitrogen and oxygen atoms in total. The van der Waals surface area contributed by atoms with Gasteiger partial charge >= 0.3 is 0 Å². The monoisotopic (exact) mass is 208 g/mol. The molecule has 0 radical (unpaired) electrons. The van der Waals surface area contributed by atoms with Crippen molar-refractivity contribution in [2.45, 2.75) is 25.8 Å². The minimum absolute atomic E-state index is 0.250. The van der Waals surface area contributed by atoms with Crippen molar-refractivity contribution >= 4 is 17.6 Å². The molecular weight excluding hydrogens is 192 g/mol. The van der Waals surface area contributed by atoms with Gasteiger partial charge in [0.05, 0.1) is 0 Å². The van der Waals surface area contributed by atoms with E-state index in [0.717, 1.165) is 12.4 Å². The predicted molar refractivity (Wildman–Crippen MR) is 60.3 cm³/mol. The summed E-state index contributed by atoms with van der Waals surface area (Å²) in [6.45, 7) is 3.03. The largest absolute Gasteiger partial charge is 0.368 e. The van der Waals surface area contributed by atoms with Crippen LogP contribution in [0.2, 0.25) is 0 Å². The number of aromatic nitrogens is 2. The third kappa shape index (κ3) is 2.10. The molecule has 0 aromatic carbocycles. The molecule has 2 rings (SSSR count). The average molecular weight is 208 g/mol. The van der Waals surface area contributed by atoms with Crippen LogP contribution in [-0.4, -0.2) is 22.6 Å². The van der Waals surface area contributed by atoms with E-state index in [4.69, 9.17) is 11.6 Å². The topological polar surface area (TPSA) is 93.1 Å². The van der Waals surface area contributed by atoms with Crippen molar-refractivity contribution < 1.29 is 0 Å². The third-order valence-electron chi connectivity index (χ3n) is 2.50. The number of anilines is 3. The SMILES string of the molecule is CCN(c1cc(NN)nc(N)n1)C1CC1. The Morgan fingerprint density at radius 1 is 1.53 bits per heavy atom. The quantitative estimate of drug-likeness (QED) is 0.488. The van der Waals surface area contributed by atoms with Crippen molar-refractivity contribution in [3.05, 3.63) is 6.07 Å². The maximum absolute atomic E-state index is 5.60. The van der Waals surface area contributed by atoms with Crippen molar-refractivity contribution in [3.8, 4) is 0 Å². The number of rotatable bonds is 4. The summed E-state index contributed by atoms with van der Waals surface area (Å²) in [5.41, 5.74) is 8.09. The number of hydrazine groups is 1. The van der Waals surface area contributed by atoms with Crippen LogP contribution in [0, 0.1) is 0 Å². The average Bonchev–Trinajstić information content (AvgIpc) is 3.02. The van der Waals surface area contributed by atoms with Crippen LogP contribution in [0.3, 0.4) is 0 Å². The number of nitrogens with one attached hydrogen (secondary N) is 1. The Balaban J connectivity index is 2.28. The first-order valence-electron chi connectivity index (χ1n) is 5.12. The summed E-state index contributed by atoms with van der Waals surface area (Å²) in [6, 6.07) is 2.42. The number of nitrogens with two attached hydrogens (primary N) is 2. The van der Waals surface area contributed by atoms with Gasteiger partial charge in [-0.15, -0.1) is 0 Å². The van der Waals surface area contributed by atoms with E-state index in [1.165, 1.54) is 12.8 Å². The molecule has 0 amide bonds. The van der Waals surface area contributed by atoms with Crippen LogP contribution in [-0.2, 0) is 0 Å². The standard InChI is InChI=1S/C9H16N6/c1-2-15(6-3-4-6)8-5-7(14-11)12-9(10)13-8/h5-6H,2-4,11H2,1H3,(H3,10,12,13,14). The molecule has 1 fully saturated rings. The Morgan fingerprint density at radius 3 is 2.80 bits per heavy atom. The lowest BCUT2D eigenvalue weighted by Gasteiger charge is -2.21. The Labute approximate surface area is 88.6 Å². The second kappa shape index (κ2) is 3.90. The van der Waals surface area contributed by atoms with Gasteiger partial charge in [0, 0.05) is 18.7 Å². The van der Waals surface area contributed by atoms with E-state index in [-0.39, 0.29) is 5.95 Å². The van der Waals surface area contributed by atoms with Crippen LogP contribution in [0.25, 0.3) is 0 Å². The highest BCUT2D eigenvalue weighted by atomic mass is 15.3. The van der Waals surface area contributed by atoms with E-state index in [2.05, 4.69) is 27.2 Å². The van der Waals surface area contributed by atoms with E-state index in [9.17, 15) is 0 Å². The van der Waals surface area contributed by atoms with Crippen molar-refractivity contribution in [3.63, 3.8) is 0 Å². The molecule has 0 unspecified atom stereocenters. The zero-order valence-electron chi connectivity index (χ0n) is 8.77. The Hall–Kier alpha value is -1.56. The maximum Gasteiger partial charge on any atom is 0.223 e. The summed E-state index contributed by atoms with van der Waals surface area (Å²) in [5, 5.41) is 0. The fourth-order valence-corrected chi connectivity index (χ4v) is 1.67. The molecule has 0 spiro atoms. The van der Waals surface area contributed by atoms with Gasteiger partial charge in [0.15, 0.2) is 0 Å². The van der Waals surface area contributed by atoms with E-state index in [1.807, 2.05) is 6.07 Å². The number of nitrogens with zero attached hydrogens (tertiary/aromatic N) is 3. The summed E-state index contributed by atoms with van der Waals surface area (Å²) in [7, 11) is 0. The van der Waals surface area contributed by atoms with Crippen LogP contribution in [0.15, 0.2) is 6.07 Å². The van der Waals surface area contributed by atoms with E-state index >= 15 is 0 Å². The smallest absolute Gasteiger partial charge is 0.223 e. The van der Waals surface area contributed by atoms with Crippen molar-refractivity contribution in [1.82, 2.24) is 9.97 Å². The van der Waals surface area contributed by atoms with E-state index in [1.54, 1.807) is 0 Å². The van der Waals surface area contributed by atoms with Gasteiger partial charge in [-0.2, -0.15) is 9.97 Å². The Kier molecular flexibility index (Phi) is 2.59. The lowest BCUT2D eigenvalue weighted by Crippen LogP contribution is -2.26. The van der Waals surface area contributed by atoms with Crippen LogP contribution in [0.4, 0.5) is 17.6 Å². The first kappa shape index (κ1) is 9.97. The molecule has 1 aliphatic rings. The van der Waals surface area contributed by atoms with Crippen molar-refractivity contribution in [1.29, 1.82) is 0 Å². The highest BCUT2D eigenvalue weighted by Crippen LogP contribution is 2.31. The second-order valence-electron chi connectivity index (χ2n) is 3.63. The summed E-state index contributed by atoms with van der Waals surface area (Å²) in [6.07, 6.45) is 2.45. The molecule has 0 saturated heterocycles. The Bertz CT molecular complexity index is 348. The summed E-state index contributed by atoms with van der Waals surface area (Å²) in [5.74, 6) is 6.96. The van der Waals surface area contributed by atoms with Gasteiger partial charge in [-0.1, -0.05) is 0 Å². The lowest BCUT2D eigenvalue weighted by molar-refractivity contribution is 0.807. The fraction of sp³-hybridized carbons (Fsp3) is 0.556. The summed E-state index contributed by atoms with van der Waals surface area (Å²) < 4.78 is 0. The molecule has 0 aliphatic heterocycles. The van der Waals surface area contributed by atoms with E-state index in [0.29, 0.717) is 11.9 Å². The maximum atomic E-state index is 5.60. The molecule has 0 atom stereocenters. The molecule has 15 heavy (non-hydrogen) atoms. The van der Waals surface area contributed by atoms with Gasteiger partial charge in [-0.05, 0) is 19.8 Å². The van der Waals surface area contributed by atoms with Gasteiger partial charge in [0.2, 0.25) is 5.95 Å². The number of hydrogen-bond donors (Lipinski definition) is 3. The fourth-order valence-electron chi connectivity index (χ4n) is 1.67. The first-order valence-corrected chi connectivity index (χ1v) is 5.12. The van der Waals surface area contributed by atoms with Gasteiger partial charge in [-0.3, -0.25) is 0 Å². The normalized spacial score (nSPS) is 15.1. The molecule has 1 aromatic heterocycles. The third-order valence-corrected chi connectivity index (χ3v) is 2.50. The molecule has 0 bridgehead atoms.